The second-order valence-corrected chi connectivity index (χ2v) is 6.78. The van der Waals surface area contributed by atoms with Gasteiger partial charge in [0.05, 0.1) is 12.5 Å². The number of nitrogens with zero attached hydrogens (tertiary/aromatic N) is 2. The molecule has 0 aromatic heterocycles. The van der Waals surface area contributed by atoms with Crippen LogP contribution in [0.5, 0.6) is 0 Å². The number of ether oxygens (including phenoxy) is 1. The van der Waals surface area contributed by atoms with Crippen LogP contribution in [0.4, 0.5) is 13.6 Å². The number of amides is 2. The molecule has 2 aliphatic rings. The molecule has 0 unspecified atom stereocenters. The molecule has 0 aliphatic carbocycles. The Balaban J connectivity index is 1.88. The first-order valence-electron chi connectivity index (χ1n) is 7.22. The van der Waals surface area contributed by atoms with Gasteiger partial charge in [-0.25, -0.2) is 13.6 Å². The van der Waals surface area contributed by atoms with E-state index >= 15 is 0 Å². The lowest BCUT2D eigenvalue weighted by Gasteiger charge is -2.25. The molecular formula is C14H22F2N2O3. The molecule has 2 aliphatic heterocycles. The summed E-state index contributed by atoms with van der Waals surface area (Å²) in [6, 6.07) is 0. The Morgan fingerprint density at radius 3 is 2.38 bits per heavy atom. The van der Waals surface area contributed by atoms with Crippen molar-refractivity contribution in [3.8, 4) is 0 Å². The van der Waals surface area contributed by atoms with E-state index < -0.39 is 30.1 Å². The zero-order valence-electron chi connectivity index (χ0n) is 12.7. The monoisotopic (exact) mass is 304 g/mol. The molecule has 0 N–H and O–H groups in total. The van der Waals surface area contributed by atoms with Crippen molar-refractivity contribution in [3.05, 3.63) is 0 Å². The molecule has 0 saturated carbocycles. The highest BCUT2D eigenvalue weighted by Crippen LogP contribution is 2.29. The summed E-state index contributed by atoms with van der Waals surface area (Å²) in [7, 11) is 0. The number of carbonyl (C=O) groups excluding carboxylic acids is 2. The lowest BCUT2D eigenvalue weighted by atomic mass is 10.1. The van der Waals surface area contributed by atoms with Gasteiger partial charge in [0.2, 0.25) is 5.91 Å². The predicted octanol–water partition coefficient (Wildman–Crippen LogP) is 2.11. The predicted molar refractivity (Wildman–Crippen MR) is 72.1 cm³/mol. The highest BCUT2D eigenvalue weighted by Gasteiger charge is 2.43. The minimum absolute atomic E-state index is 0.0920. The molecule has 7 heteroatoms. The van der Waals surface area contributed by atoms with Crippen LogP contribution in [0.3, 0.4) is 0 Å². The van der Waals surface area contributed by atoms with Crippen LogP contribution in [0.25, 0.3) is 0 Å². The third kappa shape index (κ3) is 4.04. The fourth-order valence-corrected chi connectivity index (χ4v) is 2.64. The molecule has 0 aromatic rings. The largest absolute Gasteiger partial charge is 0.444 e. The van der Waals surface area contributed by atoms with Crippen molar-refractivity contribution in [1.82, 2.24) is 9.80 Å². The Kier molecular flexibility index (Phi) is 4.13. The molecule has 1 atom stereocenters. The van der Waals surface area contributed by atoms with Gasteiger partial charge in [0, 0.05) is 26.1 Å². The Bertz CT molecular complexity index is 434. The van der Waals surface area contributed by atoms with Crippen LogP contribution < -0.4 is 0 Å². The van der Waals surface area contributed by atoms with E-state index in [2.05, 4.69) is 0 Å². The van der Waals surface area contributed by atoms with E-state index in [1.165, 1.54) is 9.80 Å². The van der Waals surface area contributed by atoms with Gasteiger partial charge in [-0.05, 0) is 27.2 Å². The summed E-state index contributed by atoms with van der Waals surface area (Å²) < 4.78 is 31.6. The third-order valence-corrected chi connectivity index (χ3v) is 3.67. The van der Waals surface area contributed by atoms with Crippen molar-refractivity contribution >= 4 is 12.0 Å². The van der Waals surface area contributed by atoms with Crippen LogP contribution in [0.2, 0.25) is 0 Å². The lowest BCUT2D eigenvalue weighted by Crippen LogP contribution is -2.39. The van der Waals surface area contributed by atoms with Crippen molar-refractivity contribution in [2.75, 3.05) is 26.2 Å². The third-order valence-electron chi connectivity index (χ3n) is 3.67. The normalized spacial score (nSPS) is 25.3. The van der Waals surface area contributed by atoms with Crippen LogP contribution in [-0.2, 0) is 9.53 Å². The van der Waals surface area contributed by atoms with Crippen LogP contribution in [0.15, 0.2) is 0 Å². The van der Waals surface area contributed by atoms with Crippen LogP contribution in [0, 0.1) is 5.92 Å². The van der Waals surface area contributed by atoms with Crippen molar-refractivity contribution in [1.29, 1.82) is 0 Å². The highest BCUT2D eigenvalue weighted by molar-refractivity contribution is 5.81. The summed E-state index contributed by atoms with van der Waals surface area (Å²) in [5, 5.41) is 0. The quantitative estimate of drug-likeness (QED) is 0.745. The molecule has 2 rings (SSSR count). The fraction of sp³-hybridized carbons (Fsp3) is 0.857. The van der Waals surface area contributed by atoms with Gasteiger partial charge in [-0.1, -0.05) is 0 Å². The van der Waals surface area contributed by atoms with E-state index in [9.17, 15) is 18.4 Å². The smallest absolute Gasteiger partial charge is 0.410 e. The lowest BCUT2D eigenvalue weighted by molar-refractivity contribution is -0.135. The van der Waals surface area contributed by atoms with E-state index in [1.807, 2.05) is 0 Å². The zero-order valence-corrected chi connectivity index (χ0v) is 12.7. The Morgan fingerprint density at radius 2 is 1.86 bits per heavy atom. The second-order valence-electron chi connectivity index (χ2n) is 6.78. The summed E-state index contributed by atoms with van der Waals surface area (Å²) in [4.78, 5) is 26.8. The van der Waals surface area contributed by atoms with Crippen molar-refractivity contribution in [2.45, 2.75) is 45.1 Å². The van der Waals surface area contributed by atoms with Gasteiger partial charge >= 0.3 is 6.09 Å². The van der Waals surface area contributed by atoms with Gasteiger partial charge in [0.1, 0.15) is 5.60 Å². The van der Waals surface area contributed by atoms with Crippen LogP contribution in [0.1, 0.15) is 33.6 Å². The maximum absolute atomic E-state index is 13.2. The fourth-order valence-electron chi connectivity index (χ4n) is 2.64. The number of hydrogen-bond donors (Lipinski definition) is 0. The Hall–Kier alpha value is -1.40. The standard InChI is InChI=1S/C14H22F2N2O3/c1-13(2,3)21-12(20)17-6-4-10(8-17)11(19)18-7-5-14(15,16)9-18/h10H,4-9H2,1-3H3/t10-/m1/s1. The zero-order chi connectivity index (χ0) is 15.8. The van der Waals surface area contributed by atoms with Gasteiger partial charge in [0.25, 0.3) is 5.92 Å². The van der Waals surface area contributed by atoms with Gasteiger partial charge in [-0.15, -0.1) is 0 Å². The maximum atomic E-state index is 13.2. The van der Waals surface area contributed by atoms with Gasteiger partial charge in [0.15, 0.2) is 0 Å². The molecule has 2 amide bonds. The van der Waals surface area contributed by atoms with Gasteiger partial charge in [-0.3, -0.25) is 4.79 Å². The topological polar surface area (TPSA) is 49.9 Å². The molecule has 0 bridgehead atoms. The van der Waals surface area contributed by atoms with Gasteiger partial charge in [-0.2, -0.15) is 0 Å². The summed E-state index contributed by atoms with van der Waals surface area (Å²) in [5.74, 6) is -3.45. The molecular weight excluding hydrogens is 282 g/mol. The van der Waals surface area contributed by atoms with E-state index in [1.54, 1.807) is 20.8 Å². The van der Waals surface area contributed by atoms with E-state index in [0.717, 1.165) is 0 Å². The number of likely N-dealkylation sites (tertiary alicyclic amines) is 2. The summed E-state index contributed by atoms with van der Waals surface area (Å²) in [5.41, 5.74) is -0.587. The van der Waals surface area contributed by atoms with E-state index in [0.29, 0.717) is 13.0 Å². The van der Waals surface area contributed by atoms with E-state index in [4.69, 9.17) is 4.74 Å². The number of alkyl halides is 2. The van der Waals surface area contributed by atoms with Crippen LogP contribution >= 0.6 is 0 Å². The maximum Gasteiger partial charge on any atom is 0.410 e. The molecule has 5 nitrogen and oxygen atoms in total. The van der Waals surface area contributed by atoms with Crippen molar-refractivity contribution < 1.29 is 23.1 Å². The molecule has 120 valence electrons. The minimum Gasteiger partial charge on any atom is -0.444 e. The Labute approximate surface area is 123 Å². The Morgan fingerprint density at radius 1 is 1.19 bits per heavy atom. The number of hydrogen-bond acceptors (Lipinski definition) is 3. The summed E-state index contributed by atoms with van der Waals surface area (Å²) >= 11 is 0. The molecule has 0 aromatic carbocycles. The van der Waals surface area contributed by atoms with Gasteiger partial charge < -0.3 is 14.5 Å². The molecule has 2 heterocycles. The molecule has 21 heavy (non-hydrogen) atoms. The average Bonchev–Trinajstić information content (AvgIpc) is 2.92. The van der Waals surface area contributed by atoms with E-state index in [-0.39, 0.29) is 25.4 Å². The highest BCUT2D eigenvalue weighted by atomic mass is 19.3. The summed E-state index contributed by atoms with van der Waals surface area (Å²) in [6.45, 7) is 5.58. The molecule has 0 radical (unpaired) electrons. The molecule has 2 fully saturated rings. The second kappa shape index (κ2) is 5.42. The molecule has 0 spiro atoms. The summed E-state index contributed by atoms with van der Waals surface area (Å²) in [6.07, 6.45) is -0.231. The molecule has 2 saturated heterocycles. The average molecular weight is 304 g/mol. The SMILES string of the molecule is CC(C)(C)OC(=O)N1CC[C@@H](C(=O)N2CCC(F)(F)C2)C1. The first-order valence-corrected chi connectivity index (χ1v) is 7.22. The van der Waals surface area contributed by atoms with Crippen molar-refractivity contribution in [2.24, 2.45) is 5.92 Å². The van der Waals surface area contributed by atoms with Crippen LogP contribution in [-0.4, -0.2) is 59.5 Å². The minimum atomic E-state index is -2.78. The number of carbonyl (C=O) groups is 2. The van der Waals surface area contributed by atoms with Crippen molar-refractivity contribution in [3.63, 3.8) is 0 Å². The first kappa shape index (κ1) is 16.0. The first-order chi connectivity index (χ1) is 9.57. The number of rotatable bonds is 1. The number of halogens is 2.